The fourth-order valence-corrected chi connectivity index (χ4v) is 3.89. The zero-order valence-electron chi connectivity index (χ0n) is 14.9. The van der Waals surface area contributed by atoms with Gasteiger partial charge >= 0.3 is 0 Å². The minimum atomic E-state index is -0.679. The van der Waals surface area contributed by atoms with Gasteiger partial charge in [0.1, 0.15) is 18.0 Å². The summed E-state index contributed by atoms with van der Waals surface area (Å²) < 4.78 is 6.01. The van der Waals surface area contributed by atoms with Gasteiger partial charge in [-0.15, -0.1) is 11.3 Å². The number of aliphatic hydroxyl groups is 1. The summed E-state index contributed by atoms with van der Waals surface area (Å²) in [6, 6.07) is 11.8. The van der Waals surface area contributed by atoms with Gasteiger partial charge in [-0.05, 0) is 42.7 Å². The number of piperidine rings is 1. The van der Waals surface area contributed by atoms with E-state index < -0.39 is 6.10 Å². The summed E-state index contributed by atoms with van der Waals surface area (Å²) in [7, 11) is 0. The molecule has 0 bridgehead atoms. The van der Waals surface area contributed by atoms with E-state index in [4.69, 9.17) is 4.74 Å². The van der Waals surface area contributed by atoms with Crippen molar-refractivity contribution in [2.45, 2.75) is 45.3 Å². The van der Waals surface area contributed by atoms with E-state index in [0.717, 1.165) is 15.5 Å². The van der Waals surface area contributed by atoms with Crippen LogP contribution in [0.25, 0.3) is 0 Å². The number of thiophene rings is 1. The van der Waals surface area contributed by atoms with Crippen LogP contribution in [0.15, 0.2) is 36.4 Å². The van der Waals surface area contributed by atoms with Crippen LogP contribution in [-0.2, 0) is 0 Å². The van der Waals surface area contributed by atoms with E-state index in [1.807, 2.05) is 37.3 Å². The molecule has 1 aliphatic rings. The van der Waals surface area contributed by atoms with Crippen molar-refractivity contribution in [3.8, 4) is 5.75 Å². The van der Waals surface area contributed by atoms with E-state index in [1.54, 1.807) is 4.90 Å². The highest BCUT2D eigenvalue weighted by atomic mass is 32.1. The summed E-state index contributed by atoms with van der Waals surface area (Å²) in [5.41, 5.74) is 1.22. The van der Waals surface area contributed by atoms with Gasteiger partial charge in [-0.3, -0.25) is 4.79 Å². The molecule has 1 N–H and O–H groups in total. The lowest BCUT2D eigenvalue weighted by Crippen LogP contribution is -2.50. The van der Waals surface area contributed by atoms with E-state index in [1.165, 1.54) is 16.9 Å². The topological polar surface area (TPSA) is 49.8 Å². The molecule has 1 amide bonds. The first-order valence-electron chi connectivity index (χ1n) is 8.74. The number of hydrogen-bond acceptors (Lipinski definition) is 4. The molecule has 2 atom stereocenters. The number of benzene rings is 1. The third kappa shape index (κ3) is 4.22. The lowest BCUT2D eigenvalue weighted by atomic mass is 10.0. The fraction of sp³-hybridized carbons (Fsp3) is 0.450. The van der Waals surface area contributed by atoms with Crippen molar-refractivity contribution < 1.29 is 14.6 Å². The van der Waals surface area contributed by atoms with Gasteiger partial charge < -0.3 is 14.7 Å². The molecule has 0 radical (unpaired) electrons. The maximum Gasteiger partial charge on any atom is 0.264 e. The number of β-amino-alcohol motifs (C(OH)–C–C–N with tert-alkyl or cyclic N) is 1. The second-order valence-corrected chi connectivity index (χ2v) is 8.19. The van der Waals surface area contributed by atoms with Crippen molar-refractivity contribution in [2.24, 2.45) is 0 Å². The SMILES string of the molecule is Cc1ccc(C(=O)N2CC[C@@H](Oc3cccc(C(C)C)c3)[C@H](O)C2)s1. The first-order valence-corrected chi connectivity index (χ1v) is 9.56. The van der Waals surface area contributed by atoms with Crippen LogP contribution >= 0.6 is 11.3 Å². The van der Waals surface area contributed by atoms with E-state index >= 15 is 0 Å². The van der Waals surface area contributed by atoms with Gasteiger partial charge in [-0.1, -0.05) is 26.0 Å². The number of carbonyl (C=O) groups excluding carboxylic acids is 1. The van der Waals surface area contributed by atoms with Gasteiger partial charge in [0.15, 0.2) is 0 Å². The van der Waals surface area contributed by atoms with Crippen molar-refractivity contribution in [2.75, 3.05) is 13.1 Å². The minimum Gasteiger partial charge on any atom is -0.488 e. The van der Waals surface area contributed by atoms with E-state index in [2.05, 4.69) is 19.9 Å². The maximum absolute atomic E-state index is 12.5. The number of nitrogens with zero attached hydrogens (tertiary/aromatic N) is 1. The summed E-state index contributed by atoms with van der Waals surface area (Å²) in [5.74, 6) is 1.21. The number of aryl methyl sites for hydroxylation is 1. The highest BCUT2D eigenvalue weighted by Crippen LogP contribution is 2.25. The molecule has 1 saturated heterocycles. The molecule has 5 heteroatoms. The molecule has 2 heterocycles. The number of rotatable bonds is 4. The standard InChI is InChI=1S/C20H25NO3S/c1-13(2)15-5-4-6-16(11-15)24-18-9-10-21(12-17(18)22)20(23)19-8-7-14(3)25-19/h4-8,11,13,17-18,22H,9-10,12H2,1-3H3/t17-,18-/m1/s1. The van der Waals surface area contributed by atoms with Crippen LogP contribution in [0.3, 0.4) is 0 Å². The summed E-state index contributed by atoms with van der Waals surface area (Å²) in [6.07, 6.45) is -0.332. The van der Waals surface area contributed by atoms with Crippen molar-refractivity contribution in [1.29, 1.82) is 0 Å². The Labute approximate surface area is 153 Å². The van der Waals surface area contributed by atoms with Crippen LogP contribution in [0.2, 0.25) is 0 Å². The third-order valence-corrected chi connectivity index (χ3v) is 5.56. The monoisotopic (exact) mass is 359 g/mol. The average Bonchev–Trinajstić information content (AvgIpc) is 3.02. The van der Waals surface area contributed by atoms with E-state index in [-0.39, 0.29) is 12.0 Å². The summed E-state index contributed by atoms with van der Waals surface area (Å²) in [5, 5.41) is 10.5. The average molecular weight is 359 g/mol. The van der Waals surface area contributed by atoms with Gasteiger partial charge in [0.2, 0.25) is 0 Å². The highest BCUT2D eigenvalue weighted by molar-refractivity contribution is 7.13. The van der Waals surface area contributed by atoms with Crippen molar-refractivity contribution in [3.63, 3.8) is 0 Å². The Morgan fingerprint density at radius 3 is 2.76 bits per heavy atom. The largest absolute Gasteiger partial charge is 0.488 e. The summed E-state index contributed by atoms with van der Waals surface area (Å²) in [4.78, 5) is 16.1. The van der Waals surface area contributed by atoms with Crippen molar-refractivity contribution >= 4 is 17.2 Å². The second-order valence-electron chi connectivity index (χ2n) is 6.90. The normalized spacial score (nSPS) is 20.8. The second kappa shape index (κ2) is 7.58. The van der Waals surface area contributed by atoms with Gasteiger partial charge in [0, 0.05) is 17.8 Å². The Hall–Kier alpha value is -1.85. The van der Waals surface area contributed by atoms with Crippen molar-refractivity contribution in [3.05, 3.63) is 51.7 Å². The third-order valence-electron chi connectivity index (χ3n) is 4.57. The molecule has 1 fully saturated rings. The Kier molecular flexibility index (Phi) is 5.45. The number of ether oxygens (including phenoxy) is 1. The molecule has 134 valence electrons. The Balaban J connectivity index is 1.62. The lowest BCUT2D eigenvalue weighted by Gasteiger charge is -2.35. The molecule has 1 aliphatic heterocycles. The molecule has 4 nitrogen and oxygen atoms in total. The number of aliphatic hydroxyl groups excluding tert-OH is 1. The Morgan fingerprint density at radius 2 is 2.12 bits per heavy atom. The molecule has 3 rings (SSSR count). The zero-order valence-corrected chi connectivity index (χ0v) is 15.8. The van der Waals surface area contributed by atoms with Crippen molar-refractivity contribution in [1.82, 2.24) is 4.90 Å². The number of hydrogen-bond donors (Lipinski definition) is 1. The predicted octanol–water partition coefficient (Wildman–Crippen LogP) is 3.83. The van der Waals surface area contributed by atoms with Crippen LogP contribution < -0.4 is 4.74 Å². The van der Waals surface area contributed by atoms with Crippen LogP contribution in [0.1, 0.15) is 46.3 Å². The molecule has 1 aromatic heterocycles. The highest BCUT2D eigenvalue weighted by Gasteiger charge is 2.32. The number of carbonyl (C=O) groups is 1. The Bertz CT molecular complexity index is 740. The van der Waals surface area contributed by atoms with E-state index in [9.17, 15) is 9.90 Å². The number of likely N-dealkylation sites (tertiary alicyclic amines) is 1. The maximum atomic E-state index is 12.5. The zero-order chi connectivity index (χ0) is 18.0. The predicted molar refractivity (Wildman–Crippen MR) is 101 cm³/mol. The van der Waals surface area contributed by atoms with Crippen LogP contribution in [0.4, 0.5) is 0 Å². The Morgan fingerprint density at radius 1 is 1.32 bits per heavy atom. The van der Waals surface area contributed by atoms with Crippen LogP contribution in [-0.4, -0.2) is 41.2 Å². The van der Waals surface area contributed by atoms with Gasteiger partial charge in [0.05, 0.1) is 11.4 Å². The molecule has 2 aromatic rings. The van der Waals surface area contributed by atoms with Crippen LogP contribution in [0.5, 0.6) is 5.75 Å². The quantitative estimate of drug-likeness (QED) is 0.902. The lowest BCUT2D eigenvalue weighted by molar-refractivity contribution is -0.0197. The van der Waals surface area contributed by atoms with Gasteiger partial charge in [0.25, 0.3) is 5.91 Å². The molecule has 0 unspecified atom stereocenters. The molecular formula is C20H25NO3S. The molecule has 0 saturated carbocycles. The fourth-order valence-electron chi connectivity index (χ4n) is 3.06. The molecule has 0 spiro atoms. The summed E-state index contributed by atoms with van der Waals surface area (Å²) >= 11 is 1.49. The molecular weight excluding hydrogens is 334 g/mol. The number of amides is 1. The minimum absolute atomic E-state index is 0.00240. The molecule has 25 heavy (non-hydrogen) atoms. The van der Waals surface area contributed by atoms with E-state index in [0.29, 0.717) is 25.4 Å². The van der Waals surface area contributed by atoms with Gasteiger partial charge in [-0.2, -0.15) is 0 Å². The first kappa shape index (κ1) is 18.0. The smallest absolute Gasteiger partial charge is 0.264 e. The molecule has 1 aromatic carbocycles. The first-order chi connectivity index (χ1) is 11.9. The van der Waals surface area contributed by atoms with Gasteiger partial charge in [-0.25, -0.2) is 0 Å². The molecule has 0 aliphatic carbocycles. The van der Waals surface area contributed by atoms with Crippen LogP contribution in [0, 0.1) is 6.92 Å². The summed E-state index contributed by atoms with van der Waals surface area (Å²) in [6.45, 7) is 7.18.